The number of anilines is 2. The van der Waals surface area contributed by atoms with Crippen molar-refractivity contribution in [2.75, 3.05) is 5.32 Å². The highest BCUT2D eigenvalue weighted by molar-refractivity contribution is 5.89. The fourth-order valence-corrected chi connectivity index (χ4v) is 1.82. The van der Waals surface area contributed by atoms with Gasteiger partial charge in [-0.3, -0.25) is 10.1 Å². The molecule has 104 valence electrons. The van der Waals surface area contributed by atoms with Gasteiger partial charge in [0.2, 0.25) is 0 Å². The molecule has 0 saturated carbocycles. The van der Waals surface area contributed by atoms with E-state index in [-0.39, 0.29) is 22.5 Å². The molecule has 0 atom stereocenters. The minimum absolute atomic E-state index is 0.0547. The van der Waals surface area contributed by atoms with Gasteiger partial charge in [-0.2, -0.15) is 5.26 Å². The van der Waals surface area contributed by atoms with Crippen LogP contribution in [-0.2, 0) is 0 Å². The van der Waals surface area contributed by atoms with Crippen LogP contribution in [-0.4, -0.2) is 16.0 Å². The van der Waals surface area contributed by atoms with Crippen LogP contribution in [0.2, 0.25) is 0 Å². The van der Waals surface area contributed by atoms with Crippen molar-refractivity contribution in [3.63, 3.8) is 0 Å². The summed E-state index contributed by atoms with van der Waals surface area (Å²) in [4.78, 5) is 21.3. The molecule has 2 N–H and O–H groups in total. The van der Waals surface area contributed by atoms with Crippen LogP contribution in [0.4, 0.5) is 17.1 Å². The fourth-order valence-electron chi connectivity index (χ4n) is 1.82. The molecule has 0 aliphatic rings. The van der Waals surface area contributed by atoms with E-state index in [4.69, 9.17) is 10.4 Å². The van der Waals surface area contributed by atoms with E-state index in [0.29, 0.717) is 5.69 Å². The molecule has 0 saturated heterocycles. The van der Waals surface area contributed by atoms with Crippen molar-refractivity contribution in [2.45, 2.75) is 0 Å². The zero-order valence-electron chi connectivity index (χ0n) is 10.6. The summed E-state index contributed by atoms with van der Waals surface area (Å²) >= 11 is 0. The molecule has 0 fully saturated rings. The molecule has 2 rings (SSSR count). The third-order valence-corrected chi connectivity index (χ3v) is 2.73. The second-order valence-corrected chi connectivity index (χ2v) is 4.08. The van der Waals surface area contributed by atoms with Crippen LogP contribution in [0.3, 0.4) is 0 Å². The van der Waals surface area contributed by atoms with Crippen LogP contribution in [0.25, 0.3) is 0 Å². The molecule has 0 aliphatic heterocycles. The number of hydrogen-bond acceptors (Lipinski definition) is 5. The molecule has 2 aromatic rings. The van der Waals surface area contributed by atoms with Crippen LogP contribution in [0, 0.1) is 21.4 Å². The van der Waals surface area contributed by atoms with E-state index in [1.807, 2.05) is 0 Å². The molecular weight excluding hydrogens is 274 g/mol. The standard InChI is InChI=1S/C14H9N3O4/c15-8-10-4-2-6-12(13(10)17(20)21)16-11-5-1-3-9(7-11)14(18)19/h1-7,16H,(H,18,19). The summed E-state index contributed by atoms with van der Waals surface area (Å²) in [6, 6.07) is 11.9. The maximum absolute atomic E-state index is 11.1. The van der Waals surface area contributed by atoms with Crippen molar-refractivity contribution in [1.82, 2.24) is 0 Å². The molecule has 7 heteroatoms. The average Bonchev–Trinajstić information content (AvgIpc) is 2.46. The summed E-state index contributed by atoms with van der Waals surface area (Å²) in [5.74, 6) is -1.10. The maximum atomic E-state index is 11.1. The van der Waals surface area contributed by atoms with Gasteiger partial charge in [-0.1, -0.05) is 12.1 Å². The number of carboxylic acid groups (broad SMARTS) is 1. The van der Waals surface area contributed by atoms with Crippen molar-refractivity contribution in [1.29, 1.82) is 5.26 Å². The van der Waals surface area contributed by atoms with Gasteiger partial charge < -0.3 is 10.4 Å². The van der Waals surface area contributed by atoms with Crippen molar-refractivity contribution < 1.29 is 14.8 Å². The van der Waals surface area contributed by atoms with Gasteiger partial charge in [-0.15, -0.1) is 0 Å². The Bertz CT molecular complexity index is 765. The van der Waals surface area contributed by atoms with Crippen LogP contribution in [0.5, 0.6) is 0 Å². The minimum atomic E-state index is -1.10. The fraction of sp³-hybridized carbons (Fsp3) is 0. The molecule has 0 aliphatic carbocycles. The Morgan fingerprint density at radius 3 is 2.62 bits per heavy atom. The van der Waals surface area contributed by atoms with Gasteiger partial charge in [-0.05, 0) is 30.3 Å². The molecule has 0 unspecified atom stereocenters. The number of benzene rings is 2. The van der Waals surface area contributed by atoms with Gasteiger partial charge in [-0.25, -0.2) is 4.79 Å². The van der Waals surface area contributed by atoms with Gasteiger partial charge in [0.05, 0.1) is 10.5 Å². The molecule has 7 nitrogen and oxygen atoms in total. The second-order valence-electron chi connectivity index (χ2n) is 4.08. The highest BCUT2D eigenvalue weighted by Gasteiger charge is 2.19. The summed E-state index contributed by atoms with van der Waals surface area (Å²) in [6.45, 7) is 0. The number of carbonyl (C=O) groups is 1. The van der Waals surface area contributed by atoms with E-state index in [2.05, 4.69) is 5.32 Å². The van der Waals surface area contributed by atoms with Crippen LogP contribution < -0.4 is 5.32 Å². The number of carboxylic acids is 1. The van der Waals surface area contributed by atoms with Gasteiger partial charge in [0.1, 0.15) is 17.3 Å². The number of para-hydroxylation sites is 1. The Labute approximate surface area is 119 Å². The summed E-state index contributed by atoms with van der Waals surface area (Å²) in [5.41, 5.74) is 0.147. The highest BCUT2D eigenvalue weighted by atomic mass is 16.6. The molecule has 0 heterocycles. The summed E-state index contributed by atoms with van der Waals surface area (Å²) in [7, 11) is 0. The third-order valence-electron chi connectivity index (χ3n) is 2.73. The molecule has 0 bridgehead atoms. The highest BCUT2D eigenvalue weighted by Crippen LogP contribution is 2.30. The molecule has 21 heavy (non-hydrogen) atoms. The molecule has 0 aromatic heterocycles. The Kier molecular flexibility index (Phi) is 3.81. The lowest BCUT2D eigenvalue weighted by Gasteiger charge is -2.08. The minimum Gasteiger partial charge on any atom is -0.478 e. The van der Waals surface area contributed by atoms with Gasteiger partial charge in [0.25, 0.3) is 0 Å². The lowest BCUT2D eigenvalue weighted by atomic mass is 10.1. The van der Waals surface area contributed by atoms with Crippen LogP contribution in [0.15, 0.2) is 42.5 Å². The van der Waals surface area contributed by atoms with Gasteiger partial charge in [0, 0.05) is 5.69 Å². The summed E-state index contributed by atoms with van der Waals surface area (Å²) in [5, 5.41) is 31.7. The van der Waals surface area contributed by atoms with Crippen molar-refractivity contribution >= 4 is 23.0 Å². The predicted octanol–water partition coefficient (Wildman–Crippen LogP) is 2.91. The molecule has 0 spiro atoms. The summed E-state index contributed by atoms with van der Waals surface area (Å²) in [6.07, 6.45) is 0. The quantitative estimate of drug-likeness (QED) is 0.658. The Balaban J connectivity index is 2.45. The normalized spacial score (nSPS) is 9.67. The van der Waals surface area contributed by atoms with E-state index in [1.165, 1.54) is 36.4 Å². The first-order valence-electron chi connectivity index (χ1n) is 5.81. The van der Waals surface area contributed by atoms with Crippen molar-refractivity contribution in [2.24, 2.45) is 0 Å². The smallest absolute Gasteiger partial charge is 0.335 e. The number of nitrogens with one attached hydrogen (secondary N) is 1. The predicted molar refractivity (Wildman–Crippen MR) is 74.5 cm³/mol. The zero-order valence-corrected chi connectivity index (χ0v) is 10.6. The van der Waals surface area contributed by atoms with Gasteiger partial charge >= 0.3 is 11.7 Å². The zero-order chi connectivity index (χ0) is 15.4. The number of aromatic carboxylic acids is 1. The second kappa shape index (κ2) is 5.71. The Morgan fingerprint density at radius 2 is 2.00 bits per heavy atom. The number of rotatable bonds is 4. The Hall–Kier alpha value is -3.40. The number of nitriles is 1. The van der Waals surface area contributed by atoms with E-state index in [0.717, 1.165) is 0 Å². The van der Waals surface area contributed by atoms with Gasteiger partial charge in [0.15, 0.2) is 0 Å². The first-order chi connectivity index (χ1) is 10.0. The van der Waals surface area contributed by atoms with Crippen molar-refractivity contribution in [3.8, 4) is 6.07 Å². The number of nitrogens with zero attached hydrogens (tertiary/aromatic N) is 2. The van der Waals surface area contributed by atoms with E-state index >= 15 is 0 Å². The average molecular weight is 283 g/mol. The van der Waals surface area contributed by atoms with Crippen molar-refractivity contribution in [3.05, 3.63) is 63.7 Å². The number of hydrogen-bond donors (Lipinski definition) is 2. The first kappa shape index (κ1) is 14.0. The molecule has 2 aromatic carbocycles. The first-order valence-corrected chi connectivity index (χ1v) is 5.81. The Morgan fingerprint density at radius 1 is 1.29 bits per heavy atom. The van der Waals surface area contributed by atoms with Crippen LogP contribution in [0.1, 0.15) is 15.9 Å². The maximum Gasteiger partial charge on any atom is 0.335 e. The molecule has 0 amide bonds. The number of nitro groups is 1. The lowest BCUT2D eigenvalue weighted by molar-refractivity contribution is -0.384. The third kappa shape index (κ3) is 2.96. The molecular formula is C14H9N3O4. The largest absolute Gasteiger partial charge is 0.478 e. The SMILES string of the molecule is N#Cc1cccc(Nc2cccc(C(=O)O)c2)c1[N+](=O)[O-]. The van der Waals surface area contributed by atoms with E-state index in [9.17, 15) is 14.9 Å². The summed E-state index contributed by atoms with van der Waals surface area (Å²) < 4.78 is 0. The lowest BCUT2D eigenvalue weighted by Crippen LogP contribution is -2.01. The monoisotopic (exact) mass is 283 g/mol. The van der Waals surface area contributed by atoms with E-state index in [1.54, 1.807) is 12.1 Å². The number of nitro benzene ring substituents is 1. The van der Waals surface area contributed by atoms with E-state index < -0.39 is 10.9 Å². The van der Waals surface area contributed by atoms with Crippen LogP contribution >= 0.6 is 0 Å². The molecule has 0 radical (unpaired) electrons. The topological polar surface area (TPSA) is 116 Å².